The Balaban J connectivity index is 2.10. The molecule has 7 nitrogen and oxygen atoms in total. The molecule has 1 aliphatic carbocycles. The first-order valence-corrected chi connectivity index (χ1v) is 6.47. The lowest BCUT2D eigenvalue weighted by Crippen LogP contribution is -2.52. The van der Waals surface area contributed by atoms with E-state index in [1.165, 1.54) is 12.1 Å². The molecular weight excluding hydrogens is 281 g/mol. The Bertz CT molecular complexity index is 581. The number of nitrogens with zero attached hydrogens (tertiary/aromatic N) is 1. The molecule has 1 saturated carbocycles. The number of likely N-dealkylation sites (N-methyl/N-ethyl adjacent to an activating group) is 1. The highest BCUT2D eigenvalue weighted by molar-refractivity contribution is 5.85. The Labute approximate surface area is 120 Å². The van der Waals surface area contributed by atoms with Gasteiger partial charge in [0.05, 0.1) is 11.0 Å². The van der Waals surface area contributed by atoms with E-state index in [9.17, 15) is 19.3 Å². The largest absolute Gasteiger partial charge is 0.487 e. The number of amides is 1. The second-order valence-electron chi connectivity index (χ2n) is 5.05. The van der Waals surface area contributed by atoms with Crippen LogP contribution in [0.5, 0.6) is 5.75 Å². The van der Waals surface area contributed by atoms with Gasteiger partial charge < -0.3 is 15.8 Å². The number of hydrogen-bond acceptors (Lipinski definition) is 5. The first-order valence-electron chi connectivity index (χ1n) is 6.47. The Hall–Kier alpha value is -2.22. The number of nitro benzene ring substituents is 1. The zero-order valence-corrected chi connectivity index (χ0v) is 11.5. The standard InChI is InChI=1S/C13H16FN3O4/c1-16-13(12(15)18)5-4-9(7-13)21-11-3-2-8(17(19)20)6-10(11)14/h2-3,6,9,16H,4-5,7H2,1H3,(H2,15,18). The molecule has 8 heteroatoms. The van der Waals surface area contributed by atoms with Crippen molar-refractivity contribution in [3.8, 4) is 5.75 Å². The molecule has 2 atom stereocenters. The third-order valence-corrected chi connectivity index (χ3v) is 3.84. The zero-order chi connectivity index (χ0) is 15.6. The summed E-state index contributed by atoms with van der Waals surface area (Å²) in [7, 11) is 1.64. The van der Waals surface area contributed by atoms with Gasteiger partial charge in [-0.1, -0.05) is 0 Å². The molecule has 2 unspecified atom stereocenters. The van der Waals surface area contributed by atoms with Crippen LogP contribution in [0.15, 0.2) is 18.2 Å². The van der Waals surface area contributed by atoms with Crippen molar-refractivity contribution in [3.05, 3.63) is 34.1 Å². The van der Waals surface area contributed by atoms with Crippen molar-refractivity contribution in [2.24, 2.45) is 5.73 Å². The molecule has 0 saturated heterocycles. The molecule has 1 aromatic carbocycles. The maximum atomic E-state index is 13.8. The van der Waals surface area contributed by atoms with Gasteiger partial charge in [0.1, 0.15) is 11.6 Å². The van der Waals surface area contributed by atoms with Crippen molar-refractivity contribution in [3.63, 3.8) is 0 Å². The number of nitro groups is 1. The summed E-state index contributed by atoms with van der Waals surface area (Å²) in [6.45, 7) is 0. The van der Waals surface area contributed by atoms with Gasteiger partial charge in [-0.25, -0.2) is 4.39 Å². The van der Waals surface area contributed by atoms with E-state index < -0.39 is 22.2 Å². The lowest BCUT2D eigenvalue weighted by Gasteiger charge is -2.24. The quantitative estimate of drug-likeness (QED) is 0.625. The average molecular weight is 297 g/mol. The van der Waals surface area contributed by atoms with Crippen LogP contribution in [0.1, 0.15) is 19.3 Å². The van der Waals surface area contributed by atoms with E-state index in [0.29, 0.717) is 19.3 Å². The number of hydrogen-bond donors (Lipinski definition) is 2. The van der Waals surface area contributed by atoms with Crippen LogP contribution < -0.4 is 15.8 Å². The molecule has 0 spiro atoms. The van der Waals surface area contributed by atoms with Crippen molar-refractivity contribution in [2.75, 3.05) is 7.05 Å². The van der Waals surface area contributed by atoms with Crippen molar-refractivity contribution >= 4 is 11.6 Å². The molecule has 1 fully saturated rings. The molecule has 114 valence electrons. The second kappa shape index (κ2) is 5.65. The number of nitrogens with two attached hydrogens (primary N) is 1. The van der Waals surface area contributed by atoms with E-state index >= 15 is 0 Å². The minimum absolute atomic E-state index is 0.0676. The zero-order valence-electron chi connectivity index (χ0n) is 11.5. The molecule has 0 aromatic heterocycles. The molecule has 1 aromatic rings. The highest BCUT2D eigenvalue weighted by Gasteiger charge is 2.44. The Morgan fingerprint density at radius 3 is 2.81 bits per heavy atom. The van der Waals surface area contributed by atoms with Crippen molar-refractivity contribution in [1.82, 2.24) is 5.32 Å². The summed E-state index contributed by atoms with van der Waals surface area (Å²) in [5.74, 6) is -1.34. The number of ether oxygens (including phenoxy) is 1. The predicted molar refractivity (Wildman–Crippen MR) is 72.3 cm³/mol. The Morgan fingerprint density at radius 2 is 2.33 bits per heavy atom. The first kappa shape index (κ1) is 15.2. The van der Waals surface area contributed by atoms with Crippen LogP contribution in [0.3, 0.4) is 0 Å². The molecule has 0 radical (unpaired) electrons. The van der Waals surface area contributed by atoms with Crippen molar-refractivity contribution in [2.45, 2.75) is 30.9 Å². The average Bonchev–Trinajstić information content (AvgIpc) is 2.85. The normalized spacial score (nSPS) is 24.8. The van der Waals surface area contributed by atoms with Gasteiger partial charge in [0.15, 0.2) is 11.6 Å². The summed E-state index contributed by atoms with van der Waals surface area (Å²) >= 11 is 0. The fourth-order valence-electron chi connectivity index (χ4n) is 2.55. The monoisotopic (exact) mass is 297 g/mol. The van der Waals surface area contributed by atoms with Crippen molar-refractivity contribution in [1.29, 1.82) is 0 Å². The van der Waals surface area contributed by atoms with Crippen LogP contribution in [0.25, 0.3) is 0 Å². The Morgan fingerprint density at radius 1 is 1.62 bits per heavy atom. The second-order valence-corrected chi connectivity index (χ2v) is 5.05. The van der Waals surface area contributed by atoms with Crippen LogP contribution in [0, 0.1) is 15.9 Å². The van der Waals surface area contributed by atoms with Gasteiger partial charge in [0.2, 0.25) is 5.91 Å². The highest BCUT2D eigenvalue weighted by Crippen LogP contribution is 2.33. The molecule has 3 N–H and O–H groups in total. The molecule has 21 heavy (non-hydrogen) atoms. The van der Waals surface area contributed by atoms with Gasteiger partial charge >= 0.3 is 0 Å². The summed E-state index contributed by atoms with van der Waals surface area (Å²) in [6, 6.07) is 3.20. The van der Waals surface area contributed by atoms with E-state index in [4.69, 9.17) is 10.5 Å². The van der Waals surface area contributed by atoms with Gasteiger partial charge in [0, 0.05) is 12.5 Å². The van der Waals surface area contributed by atoms with Gasteiger partial charge in [-0.3, -0.25) is 14.9 Å². The minimum Gasteiger partial charge on any atom is -0.487 e. The topological polar surface area (TPSA) is 107 Å². The summed E-state index contributed by atoms with van der Waals surface area (Å²) in [4.78, 5) is 21.4. The van der Waals surface area contributed by atoms with Crippen LogP contribution in [0.2, 0.25) is 0 Å². The molecule has 1 aliphatic rings. The molecular formula is C13H16FN3O4. The van der Waals surface area contributed by atoms with Gasteiger partial charge in [-0.05, 0) is 26.0 Å². The predicted octanol–water partition coefficient (Wildman–Crippen LogP) is 1.11. The summed E-state index contributed by atoms with van der Waals surface area (Å²) in [5, 5.41) is 13.4. The summed E-state index contributed by atoms with van der Waals surface area (Å²) < 4.78 is 19.3. The maximum Gasteiger partial charge on any atom is 0.272 e. The van der Waals surface area contributed by atoms with E-state index in [0.717, 1.165) is 6.07 Å². The summed E-state index contributed by atoms with van der Waals surface area (Å²) in [6.07, 6.45) is 0.994. The number of carbonyl (C=O) groups is 1. The molecule has 2 rings (SSSR count). The van der Waals surface area contributed by atoms with E-state index in [2.05, 4.69) is 5.32 Å². The fourth-order valence-corrected chi connectivity index (χ4v) is 2.55. The third-order valence-electron chi connectivity index (χ3n) is 3.84. The first-order chi connectivity index (χ1) is 9.88. The van der Waals surface area contributed by atoms with E-state index in [1.807, 2.05) is 0 Å². The highest BCUT2D eigenvalue weighted by atomic mass is 19.1. The number of halogens is 1. The smallest absolute Gasteiger partial charge is 0.272 e. The van der Waals surface area contributed by atoms with Crippen molar-refractivity contribution < 1.29 is 18.8 Å². The van der Waals surface area contributed by atoms with Crippen LogP contribution in [-0.2, 0) is 4.79 Å². The van der Waals surface area contributed by atoms with Crippen LogP contribution in [0.4, 0.5) is 10.1 Å². The van der Waals surface area contributed by atoms with Crippen LogP contribution >= 0.6 is 0 Å². The maximum absolute atomic E-state index is 13.8. The van der Waals surface area contributed by atoms with E-state index in [1.54, 1.807) is 7.05 Å². The van der Waals surface area contributed by atoms with Gasteiger partial charge in [-0.2, -0.15) is 0 Å². The lowest BCUT2D eigenvalue weighted by atomic mass is 9.97. The molecule has 0 aliphatic heterocycles. The fraction of sp³-hybridized carbons (Fsp3) is 0.462. The third kappa shape index (κ3) is 2.94. The number of nitrogens with one attached hydrogen (secondary N) is 1. The number of benzene rings is 1. The molecule has 0 bridgehead atoms. The number of primary amides is 1. The SMILES string of the molecule is CNC1(C(N)=O)CCC(Oc2ccc([N+](=O)[O-])cc2F)C1. The van der Waals surface area contributed by atoms with Crippen LogP contribution in [-0.4, -0.2) is 29.5 Å². The number of non-ortho nitro benzene ring substituents is 1. The molecule has 1 amide bonds. The number of rotatable bonds is 5. The Kier molecular flexibility index (Phi) is 4.08. The van der Waals surface area contributed by atoms with Gasteiger partial charge in [0.25, 0.3) is 5.69 Å². The summed E-state index contributed by atoms with van der Waals surface area (Å²) in [5.41, 5.74) is 4.19. The lowest BCUT2D eigenvalue weighted by molar-refractivity contribution is -0.385. The number of carbonyl (C=O) groups excluding carboxylic acids is 1. The molecule has 0 heterocycles. The van der Waals surface area contributed by atoms with Gasteiger partial charge in [-0.15, -0.1) is 0 Å². The minimum atomic E-state index is -0.845. The van der Waals surface area contributed by atoms with E-state index in [-0.39, 0.29) is 17.5 Å².